The summed E-state index contributed by atoms with van der Waals surface area (Å²) in [7, 11) is 0. The van der Waals surface area contributed by atoms with Crippen molar-refractivity contribution < 1.29 is 24.1 Å². The smallest absolute Gasteiger partial charge is 0.231 e. The Balaban J connectivity index is 1.50. The zero-order valence-electron chi connectivity index (χ0n) is 23.1. The molecule has 0 saturated heterocycles. The largest absolute Gasteiger partial charge is 0.454 e. The van der Waals surface area contributed by atoms with Gasteiger partial charge >= 0.3 is 0 Å². The monoisotopic (exact) mass is 490 g/mol. The molecule has 35 heavy (non-hydrogen) atoms. The van der Waals surface area contributed by atoms with Crippen LogP contribution in [0.5, 0.6) is 11.5 Å². The molecule has 0 radical (unpaired) electrons. The summed E-state index contributed by atoms with van der Waals surface area (Å²) in [4.78, 5) is 0. The molecule has 1 heterocycles. The first-order valence-corrected chi connectivity index (χ1v) is 13.6. The van der Waals surface area contributed by atoms with E-state index in [9.17, 15) is 5.11 Å². The van der Waals surface area contributed by atoms with E-state index in [4.69, 9.17) is 18.9 Å². The summed E-state index contributed by atoms with van der Waals surface area (Å²) < 4.78 is 22.7. The Bertz CT molecular complexity index is 753. The number of rotatable bonds is 18. The number of hydrogen-bond acceptors (Lipinski definition) is 5. The van der Waals surface area contributed by atoms with Gasteiger partial charge in [0.2, 0.25) is 6.79 Å². The van der Waals surface area contributed by atoms with Crippen LogP contribution in [0.25, 0.3) is 0 Å². The number of hydrogen-bond donors (Lipinski definition) is 1. The fourth-order valence-corrected chi connectivity index (χ4v) is 4.33. The van der Waals surface area contributed by atoms with Crippen LogP contribution in [0.1, 0.15) is 92.1 Å². The lowest BCUT2D eigenvalue weighted by molar-refractivity contribution is -0.0308. The minimum atomic E-state index is -0.515. The van der Waals surface area contributed by atoms with Gasteiger partial charge in [-0.05, 0) is 89.3 Å². The van der Waals surface area contributed by atoms with Gasteiger partial charge in [0.15, 0.2) is 11.5 Å². The number of ether oxygens (including phenoxy) is 4. The third-order valence-electron chi connectivity index (χ3n) is 6.76. The van der Waals surface area contributed by atoms with Crippen LogP contribution in [0, 0.1) is 11.8 Å². The molecule has 5 heteroatoms. The normalized spacial score (nSPS) is 15.6. The van der Waals surface area contributed by atoms with E-state index >= 15 is 0 Å². The van der Waals surface area contributed by atoms with Gasteiger partial charge < -0.3 is 24.1 Å². The average Bonchev–Trinajstić information content (AvgIpc) is 3.24. The second-order valence-corrected chi connectivity index (χ2v) is 11.3. The third-order valence-corrected chi connectivity index (χ3v) is 6.76. The Morgan fingerprint density at radius 1 is 1.03 bits per heavy atom. The molecular weight excluding hydrogens is 440 g/mol. The number of fused-ring (bicyclic) bond motifs is 1. The molecule has 1 aliphatic rings. The summed E-state index contributed by atoms with van der Waals surface area (Å²) in [6.45, 7) is 15.5. The highest BCUT2D eigenvalue weighted by Crippen LogP contribution is 2.32. The number of benzene rings is 1. The van der Waals surface area contributed by atoms with Crippen molar-refractivity contribution in [2.24, 2.45) is 11.8 Å². The molecule has 1 aromatic carbocycles. The first-order chi connectivity index (χ1) is 16.6. The highest BCUT2D eigenvalue weighted by molar-refractivity contribution is 5.44. The van der Waals surface area contributed by atoms with Crippen molar-refractivity contribution in [1.82, 2.24) is 0 Å². The van der Waals surface area contributed by atoms with Gasteiger partial charge in [0.25, 0.3) is 0 Å². The van der Waals surface area contributed by atoms with Crippen LogP contribution in [-0.2, 0) is 15.9 Å². The lowest BCUT2D eigenvalue weighted by Crippen LogP contribution is -2.25. The van der Waals surface area contributed by atoms with Crippen molar-refractivity contribution in [3.05, 3.63) is 35.4 Å². The van der Waals surface area contributed by atoms with Crippen LogP contribution in [-0.4, -0.2) is 43.4 Å². The van der Waals surface area contributed by atoms with Crippen LogP contribution in [0.2, 0.25) is 0 Å². The highest BCUT2D eigenvalue weighted by atomic mass is 16.7. The summed E-state index contributed by atoms with van der Waals surface area (Å²) >= 11 is 0. The summed E-state index contributed by atoms with van der Waals surface area (Å²) in [6.07, 6.45) is 10.3. The molecule has 0 saturated carbocycles. The van der Waals surface area contributed by atoms with Crippen LogP contribution in [0.15, 0.2) is 29.8 Å². The topological polar surface area (TPSA) is 57.2 Å². The zero-order valence-corrected chi connectivity index (χ0v) is 23.1. The first kappa shape index (κ1) is 29.7. The van der Waals surface area contributed by atoms with Crippen molar-refractivity contribution in [2.45, 2.75) is 105 Å². The van der Waals surface area contributed by atoms with E-state index in [0.29, 0.717) is 31.5 Å². The number of aliphatic hydroxyl groups excluding tert-OH is 1. The maximum atomic E-state index is 10.3. The third kappa shape index (κ3) is 12.8. The number of allylic oxidation sites excluding steroid dienone is 2. The summed E-state index contributed by atoms with van der Waals surface area (Å²) in [5, 5.41) is 10.3. The Kier molecular flexibility index (Phi) is 13.2. The molecule has 1 aliphatic heterocycles. The van der Waals surface area contributed by atoms with E-state index in [2.05, 4.69) is 47.6 Å². The SMILES string of the molecule is CC(C)=CCCC(C)CCOC(C)(C)CCCC(C)CCOCC(O)Cc1ccc2c(c1)OCO2. The van der Waals surface area contributed by atoms with E-state index in [0.717, 1.165) is 49.4 Å². The van der Waals surface area contributed by atoms with Gasteiger partial charge in [-0.3, -0.25) is 0 Å². The molecular formula is C30H50O5. The van der Waals surface area contributed by atoms with Crippen LogP contribution < -0.4 is 9.47 Å². The lowest BCUT2D eigenvalue weighted by atomic mass is 9.95. The van der Waals surface area contributed by atoms with Gasteiger partial charge in [-0.1, -0.05) is 44.4 Å². The molecule has 1 N–H and O–H groups in total. The minimum absolute atomic E-state index is 0.0608. The maximum Gasteiger partial charge on any atom is 0.231 e. The molecule has 0 amide bonds. The molecule has 0 bridgehead atoms. The molecule has 3 atom stereocenters. The zero-order chi connectivity index (χ0) is 25.7. The fourth-order valence-electron chi connectivity index (χ4n) is 4.33. The van der Waals surface area contributed by atoms with Gasteiger partial charge in [-0.2, -0.15) is 0 Å². The maximum absolute atomic E-state index is 10.3. The van der Waals surface area contributed by atoms with Gasteiger partial charge in [0, 0.05) is 19.6 Å². The fraction of sp³-hybridized carbons (Fsp3) is 0.733. The molecule has 3 unspecified atom stereocenters. The molecule has 0 aliphatic carbocycles. The van der Waals surface area contributed by atoms with Crippen molar-refractivity contribution in [2.75, 3.05) is 26.6 Å². The van der Waals surface area contributed by atoms with E-state index < -0.39 is 6.10 Å². The van der Waals surface area contributed by atoms with Crippen LogP contribution in [0.4, 0.5) is 0 Å². The number of aliphatic hydroxyl groups is 1. The molecule has 0 spiro atoms. The van der Waals surface area contributed by atoms with Crippen molar-refractivity contribution in [1.29, 1.82) is 0 Å². The van der Waals surface area contributed by atoms with Gasteiger partial charge in [-0.25, -0.2) is 0 Å². The molecule has 200 valence electrons. The quantitative estimate of drug-likeness (QED) is 0.176. The van der Waals surface area contributed by atoms with Gasteiger partial charge in [0.05, 0.1) is 18.3 Å². The van der Waals surface area contributed by atoms with E-state index in [1.165, 1.54) is 24.8 Å². The van der Waals surface area contributed by atoms with E-state index in [-0.39, 0.29) is 12.4 Å². The Hall–Kier alpha value is -1.56. The minimum Gasteiger partial charge on any atom is -0.454 e. The Morgan fingerprint density at radius 2 is 1.74 bits per heavy atom. The van der Waals surface area contributed by atoms with Crippen LogP contribution in [0.3, 0.4) is 0 Å². The van der Waals surface area contributed by atoms with Crippen molar-refractivity contribution in [3.8, 4) is 11.5 Å². The van der Waals surface area contributed by atoms with Gasteiger partial charge in [0.1, 0.15) is 0 Å². The summed E-state index contributed by atoms with van der Waals surface area (Å²) in [5.41, 5.74) is 2.38. The van der Waals surface area contributed by atoms with E-state index in [1.54, 1.807) is 0 Å². The second kappa shape index (κ2) is 15.5. The molecule has 0 aromatic heterocycles. The lowest BCUT2D eigenvalue weighted by Gasteiger charge is -2.27. The summed E-state index contributed by atoms with van der Waals surface area (Å²) in [6, 6.07) is 5.80. The molecule has 1 aromatic rings. The molecule has 2 rings (SSSR count). The average molecular weight is 491 g/mol. The van der Waals surface area contributed by atoms with Crippen molar-refractivity contribution >= 4 is 0 Å². The van der Waals surface area contributed by atoms with Gasteiger partial charge in [-0.15, -0.1) is 0 Å². The highest BCUT2D eigenvalue weighted by Gasteiger charge is 2.19. The predicted molar refractivity (Wildman–Crippen MR) is 143 cm³/mol. The second-order valence-electron chi connectivity index (χ2n) is 11.3. The standard InChI is InChI=1S/C30H50O5/c1-23(2)9-7-10-24(3)15-18-35-30(5,6)16-8-11-25(4)14-17-32-21-27(31)19-26-12-13-28-29(20-26)34-22-33-28/h9,12-13,20,24-25,27,31H,7-8,10-11,14-19,21-22H2,1-6H3. The first-order valence-electron chi connectivity index (χ1n) is 13.6. The summed E-state index contributed by atoms with van der Waals surface area (Å²) in [5.74, 6) is 2.83. The molecule has 0 fully saturated rings. The Labute approximate surface area is 214 Å². The molecule has 5 nitrogen and oxygen atoms in total. The Morgan fingerprint density at radius 3 is 2.51 bits per heavy atom. The van der Waals surface area contributed by atoms with E-state index in [1.807, 2.05) is 18.2 Å². The predicted octanol–water partition coefficient (Wildman–Crippen LogP) is 7.10. The van der Waals surface area contributed by atoms with Crippen LogP contribution >= 0.6 is 0 Å². The van der Waals surface area contributed by atoms with Crippen molar-refractivity contribution in [3.63, 3.8) is 0 Å².